The summed E-state index contributed by atoms with van der Waals surface area (Å²) >= 11 is 0. The van der Waals surface area contributed by atoms with Crippen LogP contribution in [0.4, 0.5) is 0 Å². The largest absolute Gasteiger partial charge is 0.480 e. The monoisotopic (exact) mass is 175 g/mol. The van der Waals surface area contributed by atoms with Gasteiger partial charge in [0, 0.05) is 24.7 Å². The highest BCUT2D eigenvalue weighted by atomic mass is 16.5. The summed E-state index contributed by atoms with van der Waals surface area (Å²) in [7, 11) is 1.60. The molecule has 0 radical (unpaired) electrons. The van der Waals surface area contributed by atoms with Crippen LogP contribution in [-0.2, 0) is 0 Å². The van der Waals surface area contributed by atoms with Crippen LogP contribution in [0.1, 0.15) is 0 Å². The molecule has 4 nitrogen and oxygen atoms in total. The molecule has 0 aromatic carbocycles. The lowest BCUT2D eigenvalue weighted by atomic mass is 10.4. The first-order chi connectivity index (χ1) is 6.40. The first kappa shape index (κ1) is 7.79. The third kappa shape index (κ3) is 1.51. The molecular formula is C9H9N3O. The number of nitrogens with zero attached hydrogens (tertiary/aromatic N) is 3. The molecule has 2 aromatic rings. The molecule has 0 aliphatic heterocycles. The Labute approximate surface area is 75.8 Å². The molecule has 13 heavy (non-hydrogen) atoms. The molecule has 0 bridgehead atoms. The van der Waals surface area contributed by atoms with Gasteiger partial charge < -0.3 is 4.74 Å². The summed E-state index contributed by atoms with van der Waals surface area (Å²) in [4.78, 5) is 3.93. The van der Waals surface area contributed by atoms with E-state index in [0.29, 0.717) is 5.88 Å². The van der Waals surface area contributed by atoms with Crippen LogP contribution in [0.25, 0.3) is 5.69 Å². The molecule has 0 atom stereocenters. The number of methoxy groups -OCH3 is 1. The fourth-order valence-electron chi connectivity index (χ4n) is 1.06. The van der Waals surface area contributed by atoms with E-state index in [-0.39, 0.29) is 0 Å². The number of aromatic nitrogens is 3. The van der Waals surface area contributed by atoms with Gasteiger partial charge in [0.25, 0.3) is 0 Å². The van der Waals surface area contributed by atoms with Gasteiger partial charge in [-0.05, 0) is 12.1 Å². The van der Waals surface area contributed by atoms with Gasteiger partial charge in [0.2, 0.25) is 5.88 Å². The lowest BCUT2D eigenvalue weighted by Gasteiger charge is -1.98. The highest BCUT2D eigenvalue weighted by Gasteiger charge is 1.98. The summed E-state index contributed by atoms with van der Waals surface area (Å²) in [6, 6.07) is 5.57. The number of hydrogen-bond donors (Lipinski definition) is 0. The van der Waals surface area contributed by atoms with E-state index in [0.717, 1.165) is 5.69 Å². The fraction of sp³-hybridized carbons (Fsp3) is 0.111. The van der Waals surface area contributed by atoms with Crippen molar-refractivity contribution in [2.45, 2.75) is 0 Å². The van der Waals surface area contributed by atoms with Crippen LogP contribution >= 0.6 is 0 Å². The summed E-state index contributed by atoms with van der Waals surface area (Å²) in [5.74, 6) is 0.608. The van der Waals surface area contributed by atoms with E-state index in [4.69, 9.17) is 4.74 Å². The van der Waals surface area contributed by atoms with Crippen LogP contribution < -0.4 is 4.74 Å². The van der Waals surface area contributed by atoms with Crippen LogP contribution in [0.3, 0.4) is 0 Å². The molecule has 4 heteroatoms. The molecular weight excluding hydrogens is 166 g/mol. The fourth-order valence-corrected chi connectivity index (χ4v) is 1.06. The molecule has 0 saturated carbocycles. The Bertz CT molecular complexity index is 383. The Hall–Kier alpha value is -1.84. The van der Waals surface area contributed by atoms with Crippen LogP contribution in [-0.4, -0.2) is 21.9 Å². The minimum atomic E-state index is 0.608. The van der Waals surface area contributed by atoms with Gasteiger partial charge in [-0.2, -0.15) is 0 Å². The quantitative estimate of drug-likeness (QED) is 0.690. The van der Waals surface area contributed by atoms with Crippen molar-refractivity contribution >= 4 is 0 Å². The van der Waals surface area contributed by atoms with Gasteiger partial charge >= 0.3 is 0 Å². The van der Waals surface area contributed by atoms with Gasteiger partial charge in [-0.15, -0.1) is 5.10 Å². The average Bonchev–Trinajstić information content (AvgIpc) is 2.67. The van der Waals surface area contributed by atoms with E-state index >= 15 is 0 Å². The van der Waals surface area contributed by atoms with Crippen molar-refractivity contribution in [2.24, 2.45) is 0 Å². The predicted octanol–water partition coefficient (Wildman–Crippen LogP) is 1.28. The second-order valence-electron chi connectivity index (χ2n) is 2.51. The minimum Gasteiger partial charge on any atom is -0.480 e. The van der Waals surface area contributed by atoms with Gasteiger partial charge in [0.1, 0.15) is 0 Å². The Morgan fingerprint density at radius 3 is 2.62 bits per heavy atom. The summed E-state index contributed by atoms with van der Waals surface area (Å²) in [6.45, 7) is 0. The van der Waals surface area contributed by atoms with Crippen molar-refractivity contribution in [3.8, 4) is 11.6 Å². The normalized spacial score (nSPS) is 9.92. The Morgan fingerprint density at radius 1 is 1.23 bits per heavy atom. The van der Waals surface area contributed by atoms with E-state index in [1.807, 2.05) is 18.3 Å². The smallest absolute Gasteiger partial charge is 0.232 e. The second kappa shape index (κ2) is 3.26. The SMILES string of the molecule is COc1ccn(-c2ccncc2)n1. The zero-order chi connectivity index (χ0) is 9.10. The van der Waals surface area contributed by atoms with Crippen molar-refractivity contribution in [1.29, 1.82) is 0 Å². The maximum Gasteiger partial charge on any atom is 0.232 e. The number of ether oxygens (including phenoxy) is 1. The maximum atomic E-state index is 4.97. The number of hydrogen-bond acceptors (Lipinski definition) is 3. The predicted molar refractivity (Wildman–Crippen MR) is 47.9 cm³/mol. The van der Waals surface area contributed by atoms with Crippen molar-refractivity contribution < 1.29 is 4.74 Å². The zero-order valence-corrected chi connectivity index (χ0v) is 7.21. The highest BCUT2D eigenvalue weighted by molar-refractivity contribution is 5.28. The average molecular weight is 175 g/mol. The first-order valence-electron chi connectivity index (χ1n) is 3.90. The molecule has 0 fully saturated rings. The van der Waals surface area contributed by atoms with Gasteiger partial charge in [-0.25, -0.2) is 4.68 Å². The summed E-state index contributed by atoms with van der Waals surface area (Å²) in [5, 5.41) is 4.17. The topological polar surface area (TPSA) is 39.9 Å². The molecule has 0 aliphatic carbocycles. The lowest BCUT2D eigenvalue weighted by Crippen LogP contribution is -1.94. The zero-order valence-electron chi connectivity index (χ0n) is 7.21. The molecule has 0 N–H and O–H groups in total. The molecule has 66 valence electrons. The van der Waals surface area contributed by atoms with E-state index in [1.54, 1.807) is 30.3 Å². The summed E-state index contributed by atoms with van der Waals surface area (Å²) in [5.41, 5.74) is 0.971. The van der Waals surface area contributed by atoms with Gasteiger partial charge in [0.05, 0.1) is 12.8 Å². The van der Waals surface area contributed by atoms with E-state index in [9.17, 15) is 0 Å². The molecule has 2 aromatic heterocycles. The Balaban J connectivity index is 2.36. The van der Waals surface area contributed by atoms with Gasteiger partial charge in [0.15, 0.2) is 0 Å². The molecule has 2 heterocycles. The minimum absolute atomic E-state index is 0.608. The third-order valence-corrected chi connectivity index (χ3v) is 1.70. The van der Waals surface area contributed by atoms with Crippen molar-refractivity contribution in [1.82, 2.24) is 14.8 Å². The van der Waals surface area contributed by atoms with E-state index < -0.39 is 0 Å². The van der Waals surface area contributed by atoms with Crippen molar-refractivity contribution in [3.05, 3.63) is 36.8 Å². The van der Waals surface area contributed by atoms with Crippen LogP contribution in [0, 0.1) is 0 Å². The van der Waals surface area contributed by atoms with E-state index in [2.05, 4.69) is 10.1 Å². The van der Waals surface area contributed by atoms with Gasteiger partial charge in [-0.1, -0.05) is 0 Å². The molecule has 0 aliphatic rings. The first-order valence-corrected chi connectivity index (χ1v) is 3.90. The van der Waals surface area contributed by atoms with Crippen LogP contribution in [0.15, 0.2) is 36.8 Å². The molecule has 0 saturated heterocycles. The summed E-state index contributed by atoms with van der Waals surface area (Å²) < 4.78 is 6.71. The third-order valence-electron chi connectivity index (χ3n) is 1.70. The van der Waals surface area contributed by atoms with Crippen molar-refractivity contribution in [2.75, 3.05) is 7.11 Å². The molecule has 2 rings (SSSR count). The lowest BCUT2D eigenvalue weighted by molar-refractivity contribution is 0.394. The van der Waals surface area contributed by atoms with Crippen LogP contribution in [0.2, 0.25) is 0 Å². The molecule has 0 unspecified atom stereocenters. The number of rotatable bonds is 2. The molecule has 0 spiro atoms. The second-order valence-corrected chi connectivity index (χ2v) is 2.51. The number of pyridine rings is 1. The maximum absolute atomic E-state index is 4.97. The van der Waals surface area contributed by atoms with Gasteiger partial charge in [-0.3, -0.25) is 4.98 Å². The molecule has 0 amide bonds. The van der Waals surface area contributed by atoms with E-state index in [1.165, 1.54) is 0 Å². The standard InChI is InChI=1S/C9H9N3O/c1-13-9-4-7-12(11-9)8-2-5-10-6-3-8/h2-7H,1H3. The van der Waals surface area contributed by atoms with Crippen molar-refractivity contribution in [3.63, 3.8) is 0 Å². The Kier molecular flexibility index (Phi) is 1.96. The van der Waals surface area contributed by atoms with Crippen LogP contribution in [0.5, 0.6) is 5.88 Å². The Morgan fingerprint density at radius 2 is 2.00 bits per heavy atom. The summed E-state index contributed by atoms with van der Waals surface area (Å²) in [6.07, 6.45) is 5.29. The highest BCUT2D eigenvalue weighted by Crippen LogP contribution is 2.09.